The van der Waals surface area contributed by atoms with E-state index in [2.05, 4.69) is 24.3 Å². The van der Waals surface area contributed by atoms with E-state index in [-0.39, 0.29) is 11.4 Å². The summed E-state index contributed by atoms with van der Waals surface area (Å²) in [4.78, 5) is 14.5. The maximum atomic E-state index is 12.2. The van der Waals surface area contributed by atoms with Gasteiger partial charge in [-0.05, 0) is 46.9 Å². The van der Waals surface area contributed by atoms with Gasteiger partial charge in [0.05, 0.1) is 5.56 Å². The van der Waals surface area contributed by atoms with E-state index in [4.69, 9.17) is 4.42 Å². The molecule has 1 heterocycles. The minimum Gasteiger partial charge on any atom is -0.466 e. The third-order valence-electron chi connectivity index (χ3n) is 4.35. The number of hydrogen-bond donors (Lipinski definition) is 1. The van der Waals surface area contributed by atoms with Crippen molar-refractivity contribution in [1.82, 2.24) is 10.2 Å². The van der Waals surface area contributed by atoms with Crippen molar-refractivity contribution in [1.29, 1.82) is 0 Å². The topological polar surface area (TPSA) is 45.5 Å². The highest BCUT2D eigenvalue weighted by Gasteiger charge is 2.36. The molecule has 1 aromatic heterocycles. The third-order valence-corrected chi connectivity index (χ3v) is 4.35. The molecular weight excluding hydrogens is 240 g/mol. The molecule has 0 aromatic carbocycles. The summed E-state index contributed by atoms with van der Waals surface area (Å²) in [6, 6.07) is 1.81. The second-order valence-corrected chi connectivity index (χ2v) is 5.84. The van der Waals surface area contributed by atoms with E-state index in [0.29, 0.717) is 17.9 Å². The van der Waals surface area contributed by atoms with Crippen LogP contribution in [0, 0.1) is 13.8 Å². The molecule has 0 aliphatic heterocycles. The van der Waals surface area contributed by atoms with Crippen molar-refractivity contribution in [2.45, 2.75) is 45.1 Å². The SMILES string of the molecule is Cc1cc(C(=O)NCC2(N(C)C)CCCC2)c(C)o1. The van der Waals surface area contributed by atoms with Gasteiger partial charge in [-0.2, -0.15) is 0 Å². The van der Waals surface area contributed by atoms with E-state index in [1.54, 1.807) is 0 Å². The first-order valence-corrected chi connectivity index (χ1v) is 6.97. The number of likely N-dealkylation sites (N-methyl/N-ethyl adjacent to an activating group) is 1. The number of nitrogens with one attached hydrogen (secondary N) is 1. The van der Waals surface area contributed by atoms with E-state index in [9.17, 15) is 4.79 Å². The molecule has 2 rings (SSSR count). The number of aryl methyl sites for hydroxylation is 2. The third kappa shape index (κ3) is 2.84. The number of furan rings is 1. The standard InChI is InChI=1S/C15H24N2O2/c1-11-9-13(12(2)19-11)14(18)16-10-15(17(3)4)7-5-6-8-15/h9H,5-8,10H2,1-4H3,(H,16,18). The maximum absolute atomic E-state index is 12.2. The first-order chi connectivity index (χ1) is 8.94. The molecule has 0 unspecified atom stereocenters. The minimum absolute atomic E-state index is 0.0255. The van der Waals surface area contributed by atoms with Crippen LogP contribution in [0.4, 0.5) is 0 Å². The zero-order chi connectivity index (χ0) is 14.0. The fourth-order valence-electron chi connectivity index (χ4n) is 3.01. The molecular formula is C15H24N2O2. The van der Waals surface area contributed by atoms with Gasteiger partial charge in [0.2, 0.25) is 0 Å². The highest BCUT2D eigenvalue weighted by atomic mass is 16.3. The first-order valence-electron chi connectivity index (χ1n) is 6.97. The Bertz CT molecular complexity index is 457. The van der Waals surface area contributed by atoms with Gasteiger partial charge in [-0.3, -0.25) is 4.79 Å². The lowest BCUT2D eigenvalue weighted by Gasteiger charge is -2.36. The molecule has 106 valence electrons. The number of nitrogens with zero attached hydrogens (tertiary/aromatic N) is 1. The molecule has 1 aromatic rings. The molecule has 1 N–H and O–H groups in total. The van der Waals surface area contributed by atoms with Gasteiger partial charge < -0.3 is 14.6 Å². The van der Waals surface area contributed by atoms with E-state index in [1.807, 2.05) is 19.9 Å². The lowest BCUT2D eigenvalue weighted by Crippen LogP contribution is -2.50. The van der Waals surface area contributed by atoms with Gasteiger partial charge in [0.25, 0.3) is 5.91 Å². The molecule has 0 spiro atoms. The Labute approximate surface area is 115 Å². The number of amides is 1. The van der Waals surface area contributed by atoms with Crippen LogP contribution in [0.1, 0.15) is 47.6 Å². The van der Waals surface area contributed by atoms with Crippen LogP contribution in [0.2, 0.25) is 0 Å². The van der Waals surface area contributed by atoms with E-state index in [1.165, 1.54) is 12.8 Å². The number of carbonyl (C=O) groups excluding carboxylic acids is 1. The zero-order valence-corrected chi connectivity index (χ0v) is 12.4. The van der Waals surface area contributed by atoms with Gasteiger partial charge in [-0.1, -0.05) is 12.8 Å². The fraction of sp³-hybridized carbons (Fsp3) is 0.667. The van der Waals surface area contributed by atoms with Crippen molar-refractivity contribution in [2.24, 2.45) is 0 Å². The molecule has 19 heavy (non-hydrogen) atoms. The summed E-state index contributed by atoms with van der Waals surface area (Å²) in [5, 5.41) is 3.08. The predicted octanol–water partition coefficient (Wildman–Crippen LogP) is 2.50. The summed E-state index contributed by atoms with van der Waals surface area (Å²) in [6.45, 7) is 4.41. The Hall–Kier alpha value is -1.29. The molecule has 1 aliphatic rings. The summed E-state index contributed by atoms with van der Waals surface area (Å²) >= 11 is 0. The molecule has 1 aliphatic carbocycles. The molecule has 4 nitrogen and oxygen atoms in total. The Morgan fingerprint density at radius 3 is 2.47 bits per heavy atom. The van der Waals surface area contributed by atoms with Crippen LogP contribution in [0.25, 0.3) is 0 Å². The second kappa shape index (κ2) is 5.37. The predicted molar refractivity (Wildman–Crippen MR) is 75.4 cm³/mol. The molecule has 1 saturated carbocycles. The van der Waals surface area contributed by atoms with Gasteiger partial charge in [0.1, 0.15) is 11.5 Å². The van der Waals surface area contributed by atoms with Crippen LogP contribution in [0.5, 0.6) is 0 Å². The molecule has 0 atom stereocenters. The fourth-order valence-corrected chi connectivity index (χ4v) is 3.01. The van der Waals surface area contributed by atoms with Crippen molar-refractivity contribution in [3.63, 3.8) is 0 Å². The van der Waals surface area contributed by atoms with Gasteiger partial charge in [-0.25, -0.2) is 0 Å². The molecule has 0 radical (unpaired) electrons. The smallest absolute Gasteiger partial charge is 0.254 e. The second-order valence-electron chi connectivity index (χ2n) is 5.84. The first kappa shape index (κ1) is 14.1. The number of carbonyl (C=O) groups is 1. The zero-order valence-electron chi connectivity index (χ0n) is 12.4. The number of hydrogen-bond acceptors (Lipinski definition) is 3. The van der Waals surface area contributed by atoms with Crippen LogP contribution in [-0.2, 0) is 0 Å². The Morgan fingerprint density at radius 2 is 2.00 bits per heavy atom. The molecule has 0 saturated heterocycles. The van der Waals surface area contributed by atoms with Gasteiger partial charge in [0, 0.05) is 12.1 Å². The number of rotatable bonds is 4. The summed E-state index contributed by atoms with van der Waals surface area (Å²) in [5.41, 5.74) is 0.784. The highest BCUT2D eigenvalue weighted by Crippen LogP contribution is 2.33. The van der Waals surface area contributed by atoms with E-state index in [0.717, 1.165) is 18.6 Å². The van der Waals surface area contributed by atoms with Crippen LogP contribution in [-0.4, -0.2) is 37.0 Å². The lowest BCUT2D eigenvalue weighted by molar-refractivity contribution is 0.0898. The van der Waals surface area contributed by atoms with Crippen LogP contribution in [0.3, 0.4) is 0 Å². The summed E-state index contributed by atoms with van der Waals surface area (Å²) < 4.78 is 5.41. The highest BCUT2D eigenvalue weighted by molar-refractivity contribution is 5.95. The van der Waals surface area contributed by atoms with E-state index >= 15 is 0 Å². The van der Waals surface area contributed by atoms with Gasteiger partial charge >= 0.3 is 0 Å². The molecule has 1 fully saturated rings. The van der Waals surface area contributed by atoms with Crippen LogP contribution >= 0.6 is 0 Å². The summed E-state index contributed by atoms with van der Waals surface area (Å²) in [6.07, 6.45) is 4.81. The van der Waals surface area contributed by atoms with Crippen molar-refractivity contribution >= 4 is 5.91 Å². The van der Waals surface area contributed by atoms with Crippen molar-refractivity contribution in [3.05, 3.63) is 23.2 Å². The minimum atomic E-state index is -0.0255. The van der Waals surface area contributed by atoms with Crippen molar-refractivity contribution in [2.75, 3.05) is 20.6 Å². The Morgan fingerprint density at radius 1 is 1.37 bits per heavy atom. The van der Waals surface area contributed by atoms with E-state index < -0.39 is 0 Å². The average Bonchev–Trinajstić information content (AvgIpc) is 2.94. The average molecular weight is 264 g/mol. The quantitative estimate of drug-likeness (QED) is 0.909. The normalized spacial score (nSPS) is 17.9. The Balaban J connectivity index is 2.02. The van der Waals surface area contributed by atoms with Crippen LogP contribution < -0.4 is 5.32 Å². The molecule has 0 bridgehead atoms. The van der Waals surface area contributed by atoms with Crippen molar-refractivity contribution < 1.29 is 9.21 Å². The maximum Gasteiger partial charge on any atom is 0.254 e. The van der Waals surface area contributed by atoms with Gasteiger partial charge in [-0.15, -0.1) is 0 Å². The largest absolute Gasteiger partial charge is 0.466 e. The molecule has 1 amide bonds. The van der Waals surface area contributed by atoms with Crippen LogP contribution in [0.15, 0.2) is 10.5 Å². The monoisotopic (exact) mass is 264 g/mol. The lowest BCUT2D eigenvalue weighted by atomic mass is 9.96. The summed E-state index contributed by atoms with van der Waals surface area (Å²) in [7, 11) is 4.20. The summed E-state index contributed by atoms with van der Waals surface area (Å²) in [5.74, 6) is 1.45. The Kier molecular flexibility index (Phi) is 3.99. The molecule has 4 heteroatoms. The van der Waals surface area contributed by atoms with Crippen molar-refractivity contribution in [3.8, 4) is 0 Å². The van der Waals surface area contributed by atoms with Gasteiger partial charge in [0.15, 0.2) is 0 Å².